The molecule has 3 heterocycles. The van der Waals surface area contributed by atoms with Gasteiger partial charge in [-0.05, 0) is 26.7 Å². The van der Waals surface area contributed by atoms with Crippen molar-refractivity contribution in [1.82, 2.24) is 23.5 Å². The zero-order valence-electron chi connectivity index (χ0n) is 17.0. The number of hydrogen-bond acceptors (Lipinski definition) is 7. The summed E-state index contributed by atoms with van der Waals surface area (Å²) in [6, 6.07) is 0. The summed E-state index contributed by atoms with van der Waals surface area (Å²) in [6.45, 7) is 7.59. The van der Waals surface area contributed by atoms with E-state index in [1.807, 2.05) is 13.8 Å². The topological polar surface area (TPSA) is 122 Å². The summed E-state index contributed by atoms with van der Waals surface area (Å²) in [5, 5.41) is 7.75. The second-order valence-electron chi connectivity index (χ2n) is 6.99. The van der Waals surface area contributed by atoms with E-state index in [9.17, 15) is 18.0 Å². The molecule has 0 fully saturated rings. The van der Waals surface area contributed by atoms with Crippen LogP contribution in [0.4, 0.5) is 0 Å². The molecule has 3 rings (SSSR count). The Labute approximate surface area is 167 Å². The largest absolute Gasteiger partial charge is 0.360 e. The minimum atomic E-state index is -4.13. The Bertz CT molecular complexity index is 1240. The van der Waals surface area contributed by atoms with Crippen LogP contribution < -0.4 is 11.2 Å². The van der Waals surface area contributed by atoms with Crippen LogP contribution in [0.2, 0.25) is 0 Å². The van der Waals surface area contributed by atoms with Crippen LogP contribution in [-0.4, -0.2) is 31.9 Å². The van der Waals surface area contributed by atoms with Crippen molar-refractivity contribution in [1.29, 1.82) is 0 Å². The molecule has 0 spiro atoms. The van der Waals surface area contributed by atoms with Gasteiger partial charge in [-0.25, -0.2) is 4.79 Å². The number of fused-ring (bicyclic) bond motifs is 1. The first kappa shape index (κ1) is 21.0. The van der Waals surface area contributed by atoms with E-state index in [0.29, 0.717) is 19.4 Å². The maximum atomic E-state index is 13.1. The van der Waals surface area contributed by atoms with Gasteiger partial charge in [0.05, 0.1) is 11.7 Å². The molecule has 0 aliphatic rings. The van der Waals surface area contributed by atoms with Crippen LogP contribution in [0, 0.1) is 13.8 Å². The lowest BCUT2D eigenvalue weighted by molar-refractivity contribution is 0.390. The minimum Gasteiger partial charge on any atom is -0.360 e. The number of rotatable bonds is 8. The Morgan fingerprint density at radius 1 is 1.03 bits per heavy atom. The highest BCUT2D eigenvalue weighted by Crippen LogP contribution is 2.22. The third kappa shape index (κ3) is 3.54. The lowest BCUT2D eigenvalue weighted by Gasteiger charge is -2.10. The van der Waals surface area contributed by atoms with Gasteiger partial charge in [0.25, 0.3) is 15.6 Å². The Balaban J connectivity index is 2.29. The Morgan fingerprint density at radius 2 is 1.66 bits per heavy atom. The third-order valence-electron chi connectivity index (χ3n) is 4.82. The van der Waals surface area contributed by atoms with Crippen molar-refractivity contribution >= 4 is 21.1 Å². The number of aromatic nitrogens is 5. The van der Waals surface area contributed by atoms with E-state index in [-0.39, 0.29) is 33.9 Å². The van der Waals surface area contributed by atoms with E-state index < -0.39 is 21.3 Å². The van der Waals surface area contributed by atoms with Gasteiger partial charge in [-0.2, -0.15) is 17.6 Å². The molecule has 29 heavy (non-hydrogen) atoms. The molecule has 0 aliphatic carbocycles. The molecular formula is C18H25N5O5S. The molecule has 3 aromatic rings. The van der Waals surface area contributed by atoms with Gasteiger partial charge in [0.1, 0.15) is 5.69 Å². The highest BCUT2D eigenvalue weighted by molar-refractivity contribution is 7.90. The summed E-state index contributed by atoms with van der Waals surface area (Å²) < 4.78 is 34.5. The van der Waals surface area contributed by atoms with Gasteiger partial charge in [0.15, 0.2) is 16.2 Å². The van der Waals surface area contributed by atoms with E-state index >= 15 is 0 Å². The molecule has 0 aromatic carbocycles. The first-order chi connectivity index (χ1) is 13.7. The van der Waals surface area contributed by atoms with Gasteiger partial charge < -0.3 is 4.52 Å². The normalized spacial score (nSPS) is 12.1. The molecule has 10 nitrogen and oxygen atoms in total. The predicted molar refractivity (Wildman–Crippen MR) is 107 cm³/mol. The van der Waals surface area contributed by atoms with Crippen LogP contribution in [0.15, 0.2) is 25.2 Å². The van der Waals surface area contributed by atoms with Crippen LogP contribution >= 0.6 is 0 Å². The zero-order chi connectivity index (χ0) is 21.3. The minimum absolute atomic E-state index is 0.0489. The fourth-order valence-electron chi connectivity index (χ4n) is 3.26. The fourth-order valence-corrected chi connectivity index (χ4v) is 4.69. The molecule has 0 aliphatic heterocycles. The van der Waals surface area contributed by atoms with Crippen molar-refractivity contribution in [3.63, 3.8) is 0 Å². The van der Waals surface area contributed by atoms with Gasteiger partial charge in [0.2, 0.25) is 0 Å². The maximum Gasteiger partial charge on any atom is 0.331 e. The number of aryl methyl sites for hydroxylation is 3. The quantitative estimate of drug-likeness (QED) is 0.541. The standard InChI is InChI=1S/C18H25N5O5S/c1-5-7-9-21-14-11-23(29(26,27)16-12(3)20-28-13(16)4)19-15(14)17(24)22(18(21)25)10-8-6-2/h11H,5-10H2,1-4H3. The van der Waals surface area contributed by atoms with E-state index in [0.717, 1.165) is 21.5 Å². The van der Waals surface area contributed by atoms with Gasteiger partial charge in [-0.15, -0.1) is 0 Å². The van der Waals surface area contributed by atoms with Crippen LogP contribution in [-0.2, 0) is 23.1 Å². The lowest BCUT2D eigenvalue weighted by atomic mass is 10.3. The molecule has 11 heteroatoms. The van der Waals surface area contributed by atoms with Gasteiger partial charge in [-0.3, -0.25) is 13.9 Å². The monoisotopic (exact) mass is 423 g/mol. The van der Waals surface area contributed by atoms with Crippen molar-refractivity contribution in [3.8, 4) is 0 Å². The summed E-state index contributed by atoms with van der Waals surface area (Å²) in [6.07, 6.45) is 4.25. The number of hydrogen-bond donors (Lipinski definition) is 0. The zero-order valence-corrected chi connectivity index (χ0v) is 17.8. The average Bonchev–Trinajstić information content (AvgIpc) is 3.26. The summed E-state index contributed by atoms with van der Waals surface area (Å²) in [7, 11) is -4.13. The highest BCUT2D eigenvalue weighted by Gasteiger charge is 2.28. The first-order valence-electron chi connectivity index (χ1n) is 9.65. The fraction of sp³-hybridized carbons (Fsp3) is 0.556. The van der Waals surface area contributed by atoms with Gasteiger partial charge in [-0.1, -0.05) is 31.8 Å². The molecule has 0 amide bonds. The molecular weight excluding hydrogens is 398 g/mol. The molecule has 0 N–H and O–H groups in total. The third-order valence-corrected chi connectivity index (χ3v) is 6.60. The molecule has 0 bridgehead atoms. The maximum absolute atomic E-state index is 13.1. The van der Waals surface area contributed by atoms with Crippen molar-refractivity contribution < 1.29 is 12.9 Å². The summed E-state index contributed by atoms with van der Waals surface area (Å²) in [4.78, 5) is 25.7. The van der Waals surface area contributed by atoms with E-state index in [2.05, 4.69) is 10.3 Å². The second-order valence-corrected chi connectivity index (χ2v) is 8.72. The van der Waals surface area contributed by atoms with Crippen LogP contribution in [0.3, 0.4) is 0 Å². The van der Waals surface area contributed by atoms with Crippen molar-refractivity contribution in [2.75, 3.05) is 0 Å². The highest BCUT2D eigenvalue weighted by atomic mass is 32.2. The second kappa shape index (κ2) is 7.97. The van der Waals surface area contributed by atoms with E-state index in [4.69, 9.17) is 4.52 Å². The molecule has 158 valence electrons. The lowest BCUT2D eigenvalue weighted by Crippen LogP contribution is -2.40. The number of unbranched alkanes of at least 4 members (excludes halogenated alkanes) is 2. The van der Waals surface area contributed by atoms with Crippen LogP contribution in [0.1, 0.15) is 51.0 Å². The van der Waals surface area contributed by atoms with Gasteiger partial charge >= 0.3 is 5.69 Å². The molecule has 0 atom stereocenters. The Kier molecular flexibility index (Phi) is 5.78. The van der Waals surface area contributed by atoms with Crippen molar-refractivity contribution in [3.05, 3.63) is 38.5 Å². The summed E-state index contributed by atoms with van der Waals surface area (Å²) in [5.41, 5.74) is -0.674. The Hall–Kier alpha value is -2.69. The van der Waals surface area contributed by atoms with Crippen molar-refractivity contribution in [2.45, 2.75) is 71.4 Å². The molecule has 3 aromatic heterocycles. The van der Waals surface area contributed by atoms with Gasteiger partial charge in [0, 0.05) is 13.1 Å². The van der Waals surface area contributed by atoms with Crippen LogP contribution in [0.25, 0.3) is 11.0 Å². The van der Waals surface area contributed by atoms with E-state index in [1.165, 1.54) is 24.6 Å². The number of nitrogens with zero attached hydrogens (tertiary/aromatic N) is 5. The van der Waals surface area contributed by atoms with Crippen molar-refractivity contribution in [2.24, 2.45) is 0 Å². The summed E-state index contributed by atoms with van der Waals surface area (Å²) in [5.74, 6) is 0.130. The SMILES string of the molecule is CCCCn1c(=O)c2nn(S(=O)(=O)c3c(C)noc3C)cc2n(CCCC)c1=O. The molecule has 0 unspecified atom stereocenters. The molecule has 0 saturated carbocycles. The molecule has 0 saturated heterocycles. The van der Waals surface area contributed by atoms with E-state index in [1.54, 1.807) is 0 Å². The Morgan fingerprint density at radius 3 is 2.21 bits per heavy atom. The first-order valence-corrected chi connectivity index (χ1v) is 11.1. The average molecular weight is 423 g/mol. The van der Waals surface area contributed by atoms with Crippen LogP contribution in [0.5, 0.6) is 0 Å². The summed E-state index contributed by atoms with van der Waals surface area (Å²) >= 11 is 0. The predicted octanol–water partition coefficient (Wildman–Crippen LogP) is 1.80. The molecule has 0 radical (unpaired) electrons. The smallest absolute Gasteiger partial charge is 0.331 e.